The van der Waals surface area contributed by atoms with Crippen LogP contribution in [-0.2, 0) is 14.8 Å². The Labute approximate surface area is 172 Å². The molecule has 0 aromatic heterocycles. The molecule has 13 heteroatoms. The molecule has 3 rings (SSSR count). The lowest BCUT2D eigenvalue weighted by atomic mass is 9.96. The molecule has 0 radical (unpaired) electrons. The van der Waals surface area contributed by atoms with Gasteiger partial charge in [0, 0.05) is 18.2 Å². The fraction of sp³-hybridized carbons (Fsp3) is 0.588. The lowest BCUT2D eigenvalue weighted by Crippen LogP contribution is -2.46. The number of nitrogens with zero attached hydrogens (tertiary/aromatic N) is 3. The summed E-state index contributed by atoms with van der Waals surface area (Å²) in [6, 6.07) is 1.09. The summed E-state index contributed by atoms with van der Waals surface area (Å²) in [4.78, 5) is 33.7. The van der Waals surface area contributed by atoms with E-state index in [0.29, 0.717) is 25.3 Å². The molecule has 2 saturated heterocycles. The van der Waals surface area contributed by atoms with E-state index in [0.717, 1.165) is 12.1 Å². The fourth-order valence-corrected chi connectivity index (χ4v) is 5.40. The van der Waals surface area contributed by atoms with Crippen LogP contribution in [-0.4, -0.2) is 53.0 Å². The molecule has 1 N–H and O–H groups in total. The first-order valence-corrected chi connectivity index (χ1v) is 10.7. The summed E-state index contributed by atoms with van der Waals surface area (Å²) >= 11 is 0. The van der Waals surface area contributed by atoms with Crippen molar-refractivity contribution in [2.45, 2.75) is 68.7 Å². The van der Waals surface area contributed by atoms with Gasteiger partial charge < -0.3 is 9.64 Å². The molecule has 1 aromatic carbocycles. The van der Waals surface area contributed by atoms with Crippen molar-refractivity contribution in [2.75, 3.05) is 0 Å². The van der Waals surface area contributed by atoms with Gasteiger partial charge in [-0.1, -0.05) is 0 Å². The summed E-state index contributed by atoms with van der Waals surface area (Å²) in [6.07, 6.45) is 1.10. The Hall–Kier alpha value is -2.80. The Balaban J connectivity index is 1.84. The van der Waals surface area contributed by atoms with E-state index < -0.39 is 59.9 Å². The maximum absolute atomic E-state index is 12.9. The fourth-order valence-electron chi connectivity index (χ4n) is 3.97. The van der Waals surface area contributed by atoms with Crippen molar-refractivity contribution in [3.63, 3.8) is 0 Å². The van der Waals surface area contributed by atoms with Gasteiger partial charge in [0.15, 0.2) is 4.90 Å². The molecule has 2 aliphatic heterocycles. The smallest absolute Gasteiger partial charge is 0.410 e. The Kier molecular flexibility index (Phi) is 5.45. The van der Waals surface area contributed by atoms with Crippen LogP contribution in [0.15, 0.2) is 23.1 Å². The minimum atomic E-state index is -4.36. The summed E-state index contributed by atoms with van der Waals surface area (Å²) < 4.78 is 33.6. The molecule has 30 heavy (non-hydrogen) atoms. The van der Waals surface area contributed by atoms with Gasteiger partial charge in [-0.25, -0.2) is 17.9 Å². The Morgan fingerprint density at radius 1 is 1.20 bits per heavy atom. The number of rotatable bonds is 5. The van der Waals surface area contributed by atoms with Crippen molar-refractivity contribution in [3.05, 3.63) is 38.4 Å². The maximum Gasteiger partial charge on any atom is 0.410 e. The molecule has 0 saturated carbocycles. The Morgan fingerprint density at radius 3 is 2.43 bits per heavy atom. The average Bonchev–Trinajstić information content (AvgIpc) is 3.16. The topological polar surface area (TPSA) is 162 Å². The molecule has 2 aliphatic rings. The molecule has 1 aromatic rings. The van der Waals surface area contributed by atoms with Gasteiger partial charge in [0.2, 0.25) is 10.0 Å². The molecular formula is C17H22N4O8S. The second kappa shape index (κ2) is 7.47. The number of carbonyl (C=O) groups is 1. The zero-order valence-electron chi connectivity index (χ0n) is 16.6. The van der Waals surface area contributed by atoms with Gasteiger partial charge in [0.05, 0.1) is 22.0 Å². The minimum Gasteiger partial charge on any atom is -0.444 e. The van der Waals surface area contributed by atoms with Crippen molar-refractivity contribution in [2.24, 2.45) is 0 Å². The number of hydrogen-bond donors (Lipinski definition) is 1. The highest BCUT2D eigenvalue weighted by Gasteiger charge is 2.51. The van der Waals surface area contributed by atoms with Crippen molar-refractivity contribution in [3.8, 4) is 0 Å². The van der Waals surface area contributed by atoms with Crippen molar-refractivity contribution in [1.82, 2.24) is 9.62 Å². The second-order valence-electron chi connectivity index (χ2n) is 8.32. The van der Waals surface area contributed by atoms with Crippen molar-refractivity contribution >= 4 is 27.5 Å². The third-order valence-electron chi connectivity index (χ3n) is 5.09. The molecule has 164 valence electrons. The number of hydrogen-bond acceptors (Lipinski definition) is 8. The maximum atomic E-state index is 12.9. The first-order valence-electron chi connectivity index (χ1n) is 9.26. The first kappa shape index (κ1) is 21.9. The van der Waals surface area contributed by atoms with Crippen LogP contribution in [0.25, 0.3) is 0 Å². The van der Waals surface area contributed by atoms with Crippen LogP contribution in [0.3, 0.4) is 0 Å². The molecule has 2 bridgehead atoms. The van der Waals surface area contributed by atoms with E-state index in [1.54, 1.807) is 20.8 Å². The van der Waals surface area contributed by atoms with Crippen LogP contribution in [0, 0.1) is 20.2 Å². The highest BCUT2D eigenvalue weighted by Crippen LogP contribution is 2.40. The van der Waals surface area contributed by atoms with Crippen LogP contribution in [0.1, 0.15) is 40.0 Å². The predicted molar refractivity (Wildman–Crippen MR) is 103 cm³/mol. The third-order valence-corrected chi connectivity index (χ3v) is 6.62. The molecule has 2 fully saturated rings. The van der Waals surface area contributed by atoms with E-state index in [2.05, 4.69) is 4.72 Å². The number of carbonyl (C=O) groups excluding carboxylic acids is 1. The van der Waals surface area contributed by atoms with E-state index >= 15 is 0 Å². The largest absolute Gasteiger partial charge is 0.444 e. The first-order chi connectivity index (χ1) is 13.8. The quantitative estimate of drug-likeness (QED) is 0.536. The van der Waals surface area contributed by atoms with Crippen LogP contribution in [0.2, 0.25) is 0 Å². The van der Waals surface area contributed by atoms with Crippen LogP contribution in [0.5, 0.6) is 0 Å². The minimum absolute atomic E-state index is 0.190. The number of non-ortho nitro benzene ring substituents is 1. The Morgan fingerprint density at radius 2 is 1.87 bits per heavy atom. The lowest BCUT2D eigenvalue weighted by Gasteiger charge is -2.28. The van der Waals surface area contributed by atoms with Gasteiger partial charge in [0.1, 0.15) is 5.60 Å². The van der Waals surface area contributed by atoms with Crippen LogP contribution < -0.4 is 4.72 Å². The standard InChI is InChI=1S/C17H22N4O8S/c1-17(2,3)29-16(22)19-10-4-6-13(19)12(8-10)18-30(27,28)15-7-5-11(20(23)24)9-14(15)21(25)26/h5,7,9-10,12-13,18H,4,6,8H2,1-3H3/t10-,12+,13+/m0/s1. The monoisotopic (exact) mass is 442 g/mol. The highest BCUT2D eigenvalue weighted by atomic mass is 32.2. The van der Waals surface area contributed by atoms with Gasteiger partial charge >= 0.3 is 6.09 Å². The zero-order chi connectivity index (χ0) is 22.4. The van der Waals surface area contributed by atoms with Crippen molar-refractivity contribution < 1.29 is 27.8 Å². The number of nitrogens with one attached hydrogen (secondary N) is 1. The number of nitro benzene ring substituents is 2. The molecule has 0 unspecified atom stereocenters. The molecular weight excluding hydrogens is 420 g/mol. The van der Waals surface area contributed by atoms with Gasteiger partial charge in [-0.05, 0) is 46.1 Å². The van der Waals surface area contributed by atoms with Crippen LogP contribution >= 0.6 is 0 Å². The van der Waals surface area contributed by atoms with E-state index in [-0.39, 0.29) is 6.04 Å². The summed E-state index contributed by atoms with van der Waals surface area (Å²) in [5.74, 6) is 0. The molecule has 0 spiro atoms. The van der Waals surface area contributed by atoms with E-state index in [1.165, 1.54) is 4.90 Å². The summed E-state index contributed by atoms with van der Waals surface area (Å²) in [5.41, 5.74) is -2.17. The van der Waals surface area contributed by atoms with Gasteiger partial charge in [-0.15, -0.1) is 0 Å². The molecule has 3 atom stereocenters. The summed E-state index contributed by atoms with van der Waals surface area (Å²) in [7, 11) is -4.36. The third kappa shape index (κ3) is 4.21. The zero-order valence-corrected chi connectivity index (χ0v) is 17.4. The summed E-state index contributed by atoms with van der Waals surface area (Å²) in [6.45, 7) is 5.20. The van der Waals surface area contributed by atoms with Gasteiger partial charge in [-0.3, -0.25) is 20.2 Å². The van der Waals surface area contributed by atoms with Gasteiger partial charge in [0.25, 0.3) is 11.4 Å². The van der Waals surface area contributed by atoms with Crippen LogP contribution in [0.4, 0.5) is 16.2 Å². The SMILES string of the molecule is CC(C)(C)OC(=O)N1[C@H]2CC[C@@H]1[C@H](NS(=O)(=O)c1ccc([N+](=O)[O-])cc1[N+](=O)[O-])C2. The normalized spacial score (nSPS) is 23.4. The lowest BCUT2D eigenvalue weighted by molar-refractivity contribution is -0.396. The number of ether oxygens (including phenoxy) is 1. The average molecular weight is 442 g/mol. The molecule has 1 amide bonds. The van der Waals surface area contributed by atoms with Crippen molar-refractivity contribution in [1.29, 1.82) is 0 Å². The summed E-state index contributed by atoms with van der Waals surface area (Å²) in [5, 5.41) is 22.2. The number of sulfonamides is 1. The van der Waals surface area contributed by atoms with E-state index in [4.69, 9.17) is 4.74 Å². The number of amides is 1. The molecule has 12 nitrogen and oxygen atoms in total. The molecule has 0 aliphatic carbocycles. The number of benzene rings is 1. The predicted octanol–water partition coefficient (Wildman–Crippen LogP) is 2.32. The Bertz CT molecular complexity index is 1000. The van der Waals surface area contributed by atoms with E-state index in [9.17, 15) is 33.4 Å². The van der Waals surface area contributed by atoms with Gasteiger partial charge in [-0.2, -0.15) is 0 Å². The highest BCUT2D eigenvalue weighted by molar-refractivity contribution is 7.89. The molecule has 2 heterocycles. The second-order valence-corrected chi connectivity index (χ2v) is 10.00. The van der Waals surface area contributed by atoms with E-state index in [1.807, 2.05) is 0 Å². The number of nitro groups is 2. The number of fused-ring (bicyclic) bond motifs is 2.